The summed E-state index contributed by atoms with van der Waals surface area (Å²) in [4.78, 5) is 19.6. The van der Waals surface area contributed by atoms with E-state index < -0.39 is 0 Å². The summed E-state index contributed by atoms with van der Waals surface area (Å²) >= 11 is 0. The van der Waals surface area contributed by atoms with Crippen LogP contribution in [-0.4, -0.2) is 17.9 Å². The molecule has 0 saturated heterocycles. The Morgan fingerprint density at radius 2 is 1.69 bits per heavy atom. The fraction of sp³-hybridized carbons (Fsp3) is 0.143. The van der Waals surface area contributed by atoms with Gasteiger partial charge in [0.05, 0.1) is 30.1 Å². The van der Waals surface area contributed by atoms with E-state index in [1.807, 2.05) is 60.7 Å². The third kappa shape index (κ3) is 3.65. The van der Waals surface area contributed by atoms with Crippen molar-refractivity contribution in [3.63, 3.8) is 0 Å². The third-order valence-electron chi connectivity index (χ3n) is 5.89. The maximum absolute atomic E-state index is 12.4. The number of Topliss-reactive ketones (excluding diaryl/α,β-unsaturated/α-hetero) is 1. The van der Waals surface area contributed by atoms with Gasteiger partial charge in [-0.05, 0) is 55.0 Å². The van der Waals surface area contributed by atoms with E-state index in [2.05, 4.69) is 35.2 Å². The first-order valence-corrected chi connectivity index (χ1v) is 10.7. The van der Waals surface area contributed by atoms with E-state index in [1.54, 1.807) is 14.0 Å². The molecule has 1 atom stereocenters. The zero-order chi connectivity index (χ0) is 22.1. The standard InChI is InChI=1S/C28H24N2O2/c1-19(31)16-28-24-17-21-10-6-7-11-25(21)29-26(24)18-27(20-8-4-3-5-9-20)30(28)22-12-14-23(32-2)15-13-22/h3-15,17-18,28H,16H2,1-2H3. The van der Waals surface area contributed by atoms with Crippen LogP contribution in [0, 0.1) is 0 Å². The molecule has 0 fully saturated rings. The molecule has 32 heavy (non-hydrogen) atoms. The smallest absolute Gasteiger partial charge is 0.132 e. The molecule has 3 aromatic carbocycles. The fourth-order valence-electron chi connectivity index (χ4n) is 4.40. The van der Waals surface area contributed by atoms with Gasteiger partial charge in [-0.3, -0.25) is 4.79 Å². The average molecular weight is 421 g/mol. The van der Waals surface area contributed by atoms with E-state index in [0.717, 1.165) is 44.9 Å². The van der Waals surface area contributed by atoms with E-state index in [1.165, 1.54) is 0 Å². The van der Waals surface area contributed by atoms with Crippen LogP contribution in [0.1, 0.15) is 36.2 Å². The van der Waals surface area contributed by atoms with Crippen LogP contribution in [0.15, 0.2) is 84.9 Å². The van der Waals surface area contributed by atoms with Crippen LogP contribution in [0.5, 0.6) is 5.75 Å². The summed E-state index contributed by atoms with van der Waals surface area (Å²) in [6.07, 6.45) is 2.53. The summed E-state index contributed by atoms with van der Waals surface area (Å²) in [7, 11) is 1.66. The molecule has 1 unspecified atom stereocenters. The number of nitrogens with zero attached hydrogens (tertiary/aromatic N) is 2. The highest BCUT2D eigenvalue weighted by molar-refractivity contribution is 5.96. The predicted octanol–water partition coefficient (Wildman–Crippen LogP) is 6.28. The molecule has 1 aliphatic rings. The first-order chi connectivity index (χ1) is 15.6. The maximum Gasteiger partial charge on any atom is 0.132 e. The summed E-state index contributed by atoms with van der Waals surface area (Å²) in [6, 6.07) is 28.4. The zero-order valence-corrected chi connectivity index (χ0v) is 18.2. The summed E-state index contributed by atoms with van der Waals surface area (Å²) in [5.74, 6) is 0.939. The number of aromatic nitrogens is 1. The van der Waals surface area contributed by atoms with Crippen molar-refractivity contribution in [2.24, 2.45) is 0 Å². The molecular formula is C28H24N2O2. The lowest BCUT2D eigenvalue weighted by Crippen LogP contribution is -2.32. The topological polar surface area (TPSA) is 42.4 Å². The number of ether oxygens (including phenoxy) is 1. The molecule has 1 aromatic heterocycles. The second-order valence-electron chi connectivity index (χ2n) is 8.04. The Hall–Kier alpha value is -3.92. The quantitative estimate of drug-likeness (QED) is 0.381. The van der Waals surface area contributed by atoms with Crippen molar-refractivity contribution in [3.05, 3.63) is 102 Å². The first-order valence-electron chi connectivity index (χ1n) is 10.7. The Bertz CT molecular complexity index is 1310. The Morgan fingerprint density at radius 1 is 0.969 bits per heavy atom. The Morgan fingerprint density at radius 3 is 2.41 bits per heavy atom. The van der Waals surface area contributed by atoms with Gasteiger partial charge in [-0.15, -0.1) is 0 Å². The van der Waals surface area contributed by atoms with Gasteiger partial charge in [-0.25, -0.2) is 4.98 Å². The number of anilines is 1. The SMILES string of the molecule is COc1ccc(N2C(c3ccccc3)=Cc3nc4ccccc4cc3C2CC(C)=O)cc1. The molecule has 158 valence electrons. The van der Waals surface area contributed by atoms with Crippen molar-refractivity contribution in [3.8, 4) is 5.75 Å². The molecule has 0 amide bonds. The van der Waals surface area contributed by atoms with E-state index in [-0.39, 0.29) is 11.8 Å². The van der Waals surface area contributed by atoms with E-state index in [4.69, 9.17) is 9.72 Å². The van der Waals surface area contributed by atoms with Crippen LogP contribution in [0.25, 0.3) is 22.7 Å². The number of para-hydroxylation sites is 1. The van der Waals surface area contributed by atoms with Gasteiger partial charge in [-0.1, -0.05) is 48.5 Å². The summed E-state index contributed by atoms with van der Waals surface area (Å²) in [5.41, 5.74) is 6.04. The summed E-state index contributed by atoms with van der Waals surface area (Å²) in [5, 5.41) is 1.08. The van der Waals surface area contributed by atoms with Crippen LogP contribution >= 0.6 is 0 Å². The number of carbonyl (C=O) groups is 1. The van der Waals surface area contributed by atoms with Gasteiger partial charge in [0.1, 0.15) is 11.5 Å². The Labute approximate surface area is 187 Å². The lowest BCUT2D eigenvalue weighted by molar-refractivity contribution is -0.117. The number of pyridine rings is 1. The van der Waals surface area contributed by atoms with Crippen LogP contribution in [0.2, 0.25) is 0 Å². The van der Waals surface area contributed by atoms with Crippen molar-refractivity contribution in [1.82, 2.24) is 4.98 Å². The number of carbonyl (C=O) groups excluding carboxylic acids is 1. The van der Waals surface area contributed by atoms with E-state index in [9.17, 15) is 4.79 Å². The number of fused-ring (bicyclic) bond motifs is 2. The second kappa shape index (κ2) is 8.31. The number of benzene rings is 3. The molecule has 4 nitrogen and oxygen atoms in total. The predicted molar refractivity (Wildman–Crippen MR) is 130 cm³/mol. The number of rotatable bonds is 5. The molecule has 0 aliphatic carbocycles. The lowest BCUT2D eigenvalue weighted by Gasteiger charge is -2.39. The second-order valence-corrected chi connectivity index (χ2v) is 8.04. The summed E-state index contributed by atoms with van der Waals surface area (Å²) < 4.78 is 5.37. The van der Waals surface area contributed by atoms with Gasteiger partial charge in [0.25, 0.3) is 0 Å². The minimum absolute atomic E-state index is 0.141. The molecule has 0 spiro atoms. The van der Waals surface area contributed by atoms with Gasteiger partial charge in [0, 0.05) is 23.1 Å². The highest BCUT2D eigenvalue weighted by Gasteiger charge is 2.32. The fourth-order valence-corrected chi connectivity index (χ4v) is 4.40. The largest absolute Gasteiger partial charge is 0.497 e. The van der Waals surface area contributed by atoms with E-state index >= 15 is 0 Å². The van der Waals surface area contributed by atoms with Crippen molar-refractivity contribution >= 4 is 34.1 Å². The van der Waals surface area contributed by atoms with Crippen molar-refractivity contribution in [2.75, 3.05) is 12.0 Å². The van der Waals surface area contributed by atoms with Gasteiger partial charge in [0.2, 0.25) is 0 Å². The first kappa shape index (κ1) is 20.0. The average Bonchev–Trinajstić information content (AvgIpc) is 2.83. The molecule has 4 aromatic rings. The third-order valence-corrected chi connectivity index (χ3v) is 5.89. The molecule has 4 heteroatoms. The Balaban J connectivity index is 1.77. The minimum atomic E-state index is -0.159. The molecular weight excluding hydrogens is 396 g/mol. The van der Waals surface area contributed by atoms with Gasteiger partial charge < -0.3 is 9.64 Å². The minimum Gasteiger partial charge on any atom is -0.497 e. The molecule has 1 aliphatic heterocycles. The lowest BCUT2D eigenvalue weighted by atomic mass is 9.90. The molecule has 0 N–H and O–H groups in total. The summed E-state index contributed by atoms with van der Waals surface area (Å²) in [6.45, 7) is 1.65. The van der Waals surface area contributed by atoms with Gasteiger partial charge in [-0.2, -0.15) is 0 Å². The molecule has 0 radical (unpaired) electrons. The van der Waals surface area contributed by atoms with Gasteiger partial charge >= 0.3 is 0 Å². The van der Waals surface area contributed by atoms with Crippen LogP contribution < -0.4 is 9.64 Å². The highest BCUT2D eigenvalue weighted by Crippen LogP contribution is 2.44. The highest BCUT2D eigenvalue weighted by atomic mass is 16.5. The van der Waals surface area contributed by atoms with Crippen LogP contribution in [0.3, 0.4) is 0 Å². The molecule has 0 bridgehead atoms. The van der Waals surface area contributed by atoms with Crippen molar-refractivity contribution in [1.29, 1.82) is 0 Å². The number of methoxy groups -OCH3 is 1. The molecule has 5 rings (SSSR count). The monoisotopic (exact) mass is 420 g/mol. The van der Waals surface area contributed by atoms with Crippen LogP contribution in [-0.2, 0) is 4.79 Å². The number of hydrogen-bond acceptors (Lipinski definition) is 4. The maximum atomic E-state index is 12.4. The number of hydrogen-bond donors (Lipinski definition) is 0. The number of ketones is 1. The Kier molecular flexibility index (Phi) is 5.20. The normalized spacial score (nSPS) is 15.2. The zero-order valence-electron chi connectivity index (χ0n) is 18.2. The van der Waals surface area contributed by atoms with Crippen LogP contribution in [0.4, 0.5) is 5.69 Å². The molecule has 2 heterocycles. The van der Waals surface area contributed by atoms with Crippen molar-refractivity contribution < 1.29 is 9.53 Å². The van der Waals surface area contributed by atoms with E-state index in [0.29, 0.717) is 6.42 Å². The van der Waals surface area contributed by atoms with Gasteiger partial charge in [0.15, 0.2) is 0 Å². The molecule has 0 saturated carbocycles. The van der Waals surface area contributed by atoms with Crippen molar-refractivity contribution in [2.45, 2.75) is 19.4 Å².